The number of carbonyl (C=O) groups excluding carboxylic acids is 3. The number of hydrogen-bond acceptors (Lipinski definition) is 7. The molecule has 11 nitrogen and oxygen atoms in total. The van der Waals surface area contributed by atoms with Gasteiger partial charge in [0, 0.05) is 22.5 Å². The van der Waals surface area contributed by atoms with Gasteiger partial charge in [-0.1, -0.05) is 0 Å². The van der Waals surface area contributed by atoms with Crippen LogP contribution >= 0.6 is 0 Å². The van der Waals surface area contributed by atoms with Gasteiger partial charge in [-0.15, -0.1) is 0 Å². The molecule has 0 heterocycles. The summed E-state index contributed by atoms with van der Waals surface area (Å²) in [7, 11) is 0. The minimum atomic E-state index is -1.35. The summed E-state index contributed by atoms with van der Waals surface area (Å²) in [4.78, 5) is 63.2. The lowest BCUT2D eigenvalue weighted by Gasteiger charge is -2.14. The molecule has 0 atom stereocenters. The van der Waals surface area contributed by atoms with Crippen LogP contribution in [0.3, 0.4) is 0 Å². The predicted molar refractivity (Wildman–Crippen MR) is 142 cm³/mol. The third-order valence-corrected chi connectivity index (χ3v) is 5.76. The van der Waals surface area contributed by atoms with E-state index in [1.807, 2.05) is 0 Å². The third kappa shape index (κ3) is 5.94. The molecule has 4 aromatic rings. The van der Waals surface area contributed by atoms with Crippen molar-refractivity contribution in [2.45, 2.75) is 0 Å². The second kappa shape index (κ2) is 11.2. The number of phenols is 2. The van der Waals surface area contributed by atoms with Gasteiger partial charge in [-0.3, -0.25) is 14.4 Å². The monoisotopic (exact) mass is 540 g/mol. The minimum Gasteiger partial charge on any atom is -0.508 e. The van der Waals surface area contributed by atoms with Crippen molar-refractivity contribution in [2.24, 2.45) is 0 Å². The predicted octanol–water partition coefficient (Wildman–Crippen LogP) is 4.23. The van der Waals surface area contributed by atoms with Gasteiger partial charge >= 0.3 is 11.9 Å². The number of amides is 2. The lowest BCUT2D eigenvalue weighted by atomic mass is 9.92. The zero-order valence-electron chi connectivity index (χ0n) is 20.4. The van der Waals surface area contributed by atoms with E-state index in [2.05, 4.69) is 10.6 Å². The summed E-state index contributed by atoms with van der Waals surface area (Å²) in [5.41, 5.74) is -1.18. The van der Waals surface area contributed by atoms with Gasteiger partial charge in [-0.2, -0.15) is 0 Å². The molecule has 0 aliphatic heterocycles. The summed E-state index contributed by atoms with van der Waals surface area (Å²) in [6.07, 6.45) is 0. The molecule has 0 bridgehead atoms. The summed E-state index contributed by atoms with van der Waals surface area (Å²) >= 11 is 0. The van der Waals surface area contributed by atoms with E-state index in [1.165, 1.54) is 48.5 Å². The second-order valence-corrected chi connectivity index (χ2v) is 8.46. The van der Waals surface area contributed by atoms with Gasteiger partial charge < -0.3 is 31.1 Å². The lowest BCUT2D eigenvalue weighted by molar-refractivity contribution is 0.0686. The van der Waals surface area contributed by atoms with Crippen LogP contribution in [-0.2, 0) is 0 Å². The van der Waals surface area contributed by atoms with E-state index in [1.54, 1.807) is 0 Å². The van der Waals surface area contributed by atoms with Gasteiger partial charge in [0.05, 0.1) is 22.3 Å². The highest BCUT2D eigenvalue weighted by Crippen LogP contribution is 2.24. The summed E-state index contributed by atoms with van der Waals surface area (Å²) in [5.74, 6) is -5.33. The fourth-order valence-corrected chi connectivity index (χ4v) is 3.76. The van der Waals surface area contributed by atoms with E-state index in [4.69, 9.17) is 0 Å². The first-order valence-electron chi connectivity index (χ1n) is 11.5. The van der Waals surface area contributed by atoms with Crippen molar-refractivity contribution in [3.63, 3.8) is 0 Å². The maximum Gasteiger partial charge on any atom is 0.335 e. The molecule has 0 saturated carbocycles. The summed E-state index contributed by atoms with van der Waals surface area (Å²) in [6.45, 7) is 0. The molecule has 11 heteroatoms. The molecule has 4 rings (SSSR count). The minimum absolute atomic E-state index is 0.0512. The van der Waals surface area contributed by atoms with Crippen molar-refractivity contribution in [2.75, 3.05) is 10.6 Å². The van der Waals surface area contributed by atoms with Crippen LogP contribution in [0, 0.1) is 0 Å². The summed E-state index contributed by atoms with van der Waals surface area (Å²) in [6, 6.07) is 17.4. The van der Waals surface area contributed by atoms with E-state index >= 15 is 0 Å². The van der Waals surface area contributed by atoms with Gasteiger partial charge in [-0.05, 0) is 84.9 Å². The van der Waals surface area contributed by atoms with Crippen molar-refractivity contribution >= 4 is 40.9 Å². The zero-order valence-corrected chi connectivity index (χ0v) is 20.4. The van der Waals surface area contributed by atoms with Crippen LogP contribution < -0.4 is 10.6 Å². The molecule has 40 heavy (non-hydrogen) atoms. The Morgan fingerprint density at radius 1 is 0.475 bits per heavy atom. The normalized spacial score (nSPS) is 10.4. The number of ketones is 1. The number of carboxylic acids is 2. The molecule has 2 amide bonds. The Hall–Kier alpha value is -5.97. The molecule has 0 spiro atoms. The van der Waals surface area contributed by atoms with Crippen molar-refractivity contribution < 1.29 is 44.4 Å². The molecular formula is C29H20N2O9. The number of anilines is 2. The number of carbonyl (C=O) groups is 5. The highest BCUT2D eigenvalue weighted by atomic mass is 16.4. The van der Waals surface area contributed by atoms with Gasteiger partial charge in [0.25, 0.3) is 11.8 Å². The Morgan fingerprint density at radius 3 is 1.15 bits per heavy atom. The summed E-state index contributed by atoms with van der Waals surface area (Å²) < 4.78 is 0. The van der Waals surface area contributed by atoms with E-state index in [0.717, 1.165) is 36.4 Å². The van der Waals surface area contributed by atoms with Crippen LogP contribution in [0.15, 0.2) is 84.9 Å². The van der Waals surface area contributed by atoms with Gasteiger partial charge in [-0.25, -0.2) is 9.59 Å². The molecule has 0 aliphatic carbocycles. The molecule has 0 unspecified atom stereocenters. The molecule has 4 aromatic carbocycles. The maximum absolute atomic E-state index is 13.7. The number of benzene rings is 4. The molecule has 0 aliphatic rings. The molecule has 0 fully saturated rings. The first-order chi connectivity index (χ1) is 19.0. The Balaban J connectivity index is 1.78. The lowest BCUT2D eigenvalue weighted by Crippen LogP contribution is -2.21. The van der Waals surface area contributed by atoms with Crippen molar-refractivity contribution in [3.05, 3.63) is 118 Å². The van der Waals surface area contributed by atoms with Crippen LogP contribution in [0.2, 0.25) is 0 Å². The zero-order chi connectivity index (χ0) is 29.0. The Labute approximate surface area is 226 Å². The largest absolute Gasteiger partial charge is 0.508 e. The first kappa shape index (κ1) is 27.1. The Morgan fingerprint density at radius 2 is 0.825 bits per heavy atom. The van der Waals surface area contributed by atoms with E-state index < -0.39 is 29.5 Å². The van der Waals surface area contributed by atoms with E-state index in [0.29, 0.717) is 0 Å². The number of aromatic carboxylic acids is 2. The highest BCUT2D eigenvalue weighted by Gasteiger charge is 2.25. The van der Waals surface area contributed by atoms with Crippen LogP contribution in [0.5, 0.6) is 11.5 Å². The first-order valence-corrected chi connectivity index (χ1v) is 11.5. The van der Waals surface area contributed by atoms with Crippen LogP contribution in [0.1, 0.15) is 57.4 Å². The van der Waals surface area contributed by atoms with Crippen molar-refractivity contribution in [3.8, 4) is 11.5 Å². The highest BCUT2D eigenvalue weighted by molar-refractivity contribution is 6.22. The number of carboxylic acid groups (broad SMARTS) is 2. The fourth-order valence-electron chi connectivity index (χ4n) is 3.76. The van der Waals surface area contributed by atoms with Crippen molar-refractivity contribution in [1.29, 1.82) is 0 Å². The van der Waals surface area contributed by atoms with E-state index in [9.17, 15) is 44.4 Å². The SMILES string of the molecule is O=C(O)c1ccc(C(=O)c2ccc(C(=O)O)cc2C(=O)Nc2ccc(O)cc2)c(C(=O)Nc2ccc(O)cc2)c1. The third-order valence-electron chi connectivity index (χ3n) is 5.76. The molecule has 0 radical (unpaired) electrons. The number of phenolic OH excluding ortho intramolecular Hbond substituents is 2. The molecule has 0 saturated heterocycles. The number of aromatic hydroxyl groups is 2. The van der Waals surface area contributed by atoms with Gasteiger partial charge in [0.1, 0.15) is 11.5 Å². The average Bonchev–Trinajstić information content (AvgIpc) is 2.94. The van der Waals surface area contributed by atoms with Crippen LogP contribution in [0.25, 0.3) is 0 Å². The number of rotatable bonds is 8. The second-order valence-electron chi connectivity index (χ2n) is 8.46. The fraction of sp³-hybridized carbons (Fsp3) is 0. The molecule has 6 N–H and O–H groups in total. The summed E-state index contributed by atoms with van der Waals surface area (Å²) in [5, 5.41) is 42.9. The Bertz CT molecular complexity index is 1540. The molecular weight excluding hydrogens is 520 g/mol. The average molecular weight is 540 g/mol. The quantitative estimate of drug-likeness (QED) is 0.140. The van der Waals surface area contributed by atoms with Crippen LogP contribution in [-0.4, -0.2) is 50.0 Å². The molecule has 200 valence electrons. The Kier molecular flexibility index (Phi) is 7.57. The maximum atomic E-state index is 13.7. The van der Waals surface area contributed by atoms with Crippen molar-refractivity contribution in [1.82, 2.24) is 0 Å². The standard InChI is InChI=1S/C29H20N2O9/c32-19-7-3-17(4-8-19)30-26(35)23-13-15(28(37)38)1-11-21(23)25(34)22-12-2-16(29(39)40)14-24(22)27(36)31-18-5-9-20(33)10-6-18/h1-14,32-33H,(H,30,35)(H,31,36)(H,37,38)(H,39,40). The smallest absolute Gasteiger partial charge is 0.335 e. The number of nitrogens with one attached hydrogen (secondary N) is 2. The van der Waals surface area contributed by atoms with Gasteiger partial charge in [0.15, 0.2) is 5.78 Å². The number of hydrogen-bond donors (Lipinski definition) is 6. The topological polar surface area (TPSA) is 190 Å². The van der Waals surface area contributed by atoms with Gasteiger partial charge in [0.2, 0.25) is 0 Å². The molecule has 0 aromatic heterocycles. The van der Waals surface area contributed by atoms with Crippen LogP contribution in [0.4, 0.5) is 11.4 Å². The van der Waals surface area contributed by atoms with E-state index in [-0.39, 0.29) is 56.3 Å².